The number of nitrogens with zero attached hydrogens (tertiary/aromatic N) is 2. The molecule has 0 fully saturated rings. The standard InChI is InChI=1S/C21H27N3O6S/c1-3-29-16(26)9-7-10-22-15(25)12-30-21(28)18-13(2)17-19(31-18)23-14-8-5-4-6-11-24(14)20(17)27/h3-12H2,1-2H3,(H,22,25). The largest absolute Gasteiger partial charge is 0.466 e. The Morgan fingerprint density at radius 2 is 2.00 bits per heavy atom. The molecule has 0 radical (unpaired) electrons. The maximum Gasteiger partial charge on any atom is 0.349 e. The molecule has 168 valence electrons. The number of hydrogen-bond donors (Lipinski definition) is 1. The SMILES string of the molecule is CCOC(=O)CCCNC(=O)COC(=O)c1sc2nc3n(c(=O)c2c1C)CCCCC3. The second-order valence-electron chi connectivity index (χ2n) is 7.37. The van der Waals surface area contributed by atoms with E-state index in [1.807, 2.05) is 0 Å². The van der Waals surface area contributed by atoms with Crippen LogP contribution in [0.15, 0.2) is 4.79 Å². The average molecular weight is 450 g/mol. The minimum atomic E-state index is -0.651. The van der Waals surface area contributed by atoms with Crippen molar-refractivity contribution < 1.29 is 23.9 Å². The number of rotatable bonds is 8. The van der Waals surface area contributed by atoms with Crippen molar-refractivity contribution in [2.45, 2.75) is 58.9 Å². The molecule has 0 aliphatic carbocycles. The van der Waals surface area contributed by atoms with E-state index >= 15 is 0 Å². The predicted molar refractivity (Wildman–Crippen MR) is 115 cm³/mol. The Morgan fingerprint density at radius 1 is 1.19 bits per heavy atom. The van der Waals surface area contributed by atoms with E-state index in [1.165, 1.54) is 0 Å². The lowest BCUT2D eigenvalue weighted by atomic mass is 10.2. The number of aryl methyl sites for hydroxylation is 2. The van der Waals surface area contributed by atoms with E-state index in [-0.39, 0.29) is 29.4 Å². The van der Waals surface area contributed by atoms with Crippen molar-refractivity contribution in [1.29, 1.82) is 0 Å². The molecule has 10 heteroatoms. The first-order valence-electron chi connectivity index (χ1n) is 10.5. The van der Waals surface area contributed by atoms with Crippen LogP contribution in [0.5, 0.6) is 0 Å². The van der Waals surface area contributed by atoms with Gasteiger partial charge >= 0.3 is 11.9 Å². The van der Waals surface area contributed by atoms with Gasteiger partial charge in [-0.3, -0.25) is 19.0 Å². The minimum Gasteiger partial charge on any atom is -0.466 e. The highest BCUT2D eigenvalue weighted by molar-refractivity contribution is 7.20. The molecule has 0 saturated carbocycles. The van der Waals surface area contributed by atoms with Gasteiger partial charge in [-0.2, -0.15) is 0 Å². The molecule has 2 aromatic heterocycles. The lowest BCUT2D eigenvalue weighted by molar-refractivity contribution is -0.143. The van der Waals surface area contributed by atoms with Crippen LogP contribution in [0.25, 0.3) is 10.2 Å². The van der Waals surface area contributed by atoms with Gasteiger partial charge in [0.05, 0.1) is 12.0 Å². The van der Waals surface area contributed by atoms with Gasteiger partial charge in [0, 0.05) is 25.9 Å². The van der Waals surface area contributed by atoms with Gasteiger partial charge in [-0.25, -0.2) is 9.78 Å². The summed E-state index contributed by atoms with van der Waals surface area (Å²) in [7, 11) is 0. The first kappa shape index (κ1) is 22.9. The van der Waals surface area contributed by atoms with Crippen LogP contribution < -0.4 is 10.9 Å². The molecule has 0 atom stereocenters. The van der Waals surface area contributed by atoms with Gasteiger partial charge in [0.2, 0.25) is 0 Å². The summed E-state index contributed by atoms with van der Waals surface area (Å²) in [5, 5.41) is 3.04. The molecule has 0 unspecified atom stereocenters. The third kappa shape index (κ3) is 5.49. The second-order valence-corrected chi connectivity index (χ2v) is 8.37. The van der Waals surface area contributed by atoms with Crippen LogP contribution in [-0.4, -0.2) is 47.2 Å². The number of carbonyl (C=O) groups excluding carboxylic acids is 3. The Kier molecular flexibility index (Phi) is 7.78. The topological polar surface area (TPSA) is 117 Å². The number of hydrogen-bond acceptors (Lipinski definition) is 8. The van der Waals surface area contributed by atoms with Crippen molar-refractivity contribution in [1.82, 2.24) is 14.9 Å². The van der Waals surface area contributed by atoms with E-state index in [2.05, 4.69) is 10.3 Å². The molecule has 0 saturated heterocycles. The summed E-state index contributed by atoms with van der Waals surface area (Å²) in [6, 6.07) is 0. The number of esters is 2. The van der Waals surface area contributed by atoms with Crippen LogP contribution in [0.1, 0.15) is 60.1 Å². The van der Waals surface area contributed by atoms with Crippen LogP contribution in [-0.2, 0) is 32.0 Å². The Labute approximate surface area is 183 Å². The molecule has 3 heterocycles. The fourth-order valence-electron chi connectivity index (χ4n) is 3.55. The molecular weight excluding hydrogens is 422 g/mol. The smallest absolute Gasteiger partial charge is 0.349 e. The van der Waals surface area contributed by atoms with E-state index in [0.717, 1.165) is 42.8 Å². The monoisotopic (exact) mass is 449 g/mol. The molecular formula is C21H27N3O6S. The van der Waals surface area contributed by atoms with E-state index in [0.29, 0.717) is 35.4 Å². The molecule has 1 aliphatic heterocycles. The van der Waals surface area contributed by atoms with Crippen molar-refractivity contribution in [3.05, 3.63) is 26.6 Å². The van der Waals surface area contributed by atoms with Gasteiger partial charge in [-0.1, -0.05) is 6.42 Å². The molecule has 0 aromatic carbocycles. The van der Waals surface area contributed by atoms with Crippen LogP contribution in [0.3, 0.4) is 0 Å². The molecule has 1 amide bonds. The Hall–Kier alpha value is -2.75. The van der Waals surface area contributed by atoms with Gasteiger partial charge in [-0.05, 0) is 38.7 Å². The van der Waals surface area contributed by atoms with Gasteiger partial charge in [0.1, 0.15) is 15.5 Å². The lowest BCUT2D eigenvalue weighted by Crippen LogP contribution is -2.30. The number of thiophene rings is 1. The normalized spacial score (nSPS) is 13.4. The summed E-state index contributed by atoms with van der Waals surface area (Å²) < 4.78 is 11.7. The summed E-state index contributed by atoms with van der Waals surface area (Å²) >= 11 is 1.12. The molecule has 9 nitrogen and oxygen atoms in total. The fraction of sp³-hybridized carbons (Fsp3) is 0.571. The van der Waals surface area contributed by atoms with Crippen molar-refractivity contribution in [3.8, 4) is 0 Å². The number of fused-ring (bicyclic) bond motifs is 2. The maximum atomic E-state index is 13.0. The number of ether oxygens (including phenoxy) is 2. The van der Waals surface area contributed by atoms with Gasteiger partial charge in [0.25, 0.3) is 11.5 Å². The van der Waals surface area contributed by atoms with Gasteiger partial charge in [0.15, 0.2) is 6.61 Å². The predicted octanol–water partition coefficient (Wildman–Crippen LogP) is 2.11. The number of nitrogens with one attached hydrogen (secondary N) is 1. The Morgan fingerprint density at radius 3 is 2.77 bits per heavy atom. The Balaban J connectivity index is 1.60. The first-order chi connectivity index (χ1) is 14.9. The number of carbonyl (C=O) groups is 3. The van der Waals surface area contributed by atoms with Gasteiger partial charge < -0.3 is 14.8 Å². The highest BCUT2D eigenvalue weighted by Gasteiger charge is 2.23. The average Bonchev–Trinajstić information content (AvgIpc) is 2.91. The Bertz CT molecular complexity index is 1040. The van der Waals surface area contributed by atoms with E-state index in [9.17, 15) is 19.2 Å². The third-order valence-corrected chi connectivity index (χ3v) is 6.28. The van der Waals surface area contributed by atoms with Crippen LogP contribution in [0.4, 0.5) is 0 Å². The summed E-state index contributed by atoms with van der Waals surface area (Å²) in [6.07, 6.45) is 4.39. The van der Waals surface area contributed by atoms with E-state index in [1.54, 1.807) is 18.4 Å². The van der Waals surface area contributed by atoms with Crippen LogP contribution in [0, 0.1) is 6.92 Å². The molecule has 3 rings (SSSR count). The zero-order valence-electron chi connectivity index (χ0n) is 17.8. The molecule has 1 N–H and O–H groups in total. The van der Waals surface area contributed by atoms with Crippen LogP contribution >= 0.6 is 11.3 Å². The fourth-order valence-corrected chi connectivity index (χ4v) is 4.63. The van der Waals surface area contributed by atoms with Crippen LogP contribution in [0.2, 0.25) is 0 Å². The summed E-state index contributed by atoms with van der Waals surface area (Å²) in [5.74, 6) is -0.661. The molecule has 0 bridgehead atoms. The second kappa shape index (κ2) is 10.5. The summed E-state index contributed by atoms with van der Waals surface area (Å²) in [6.45, 7) is 4.25. The molecule has 1 aliphatic rings. The van der Waals surface area contributed by atoms with E-state index in [4.69, 9.17) is 9.47 Å². The quantitative estimate of drug-likeness (QED) is 0.484. The van der Waals surface area contributed by atoms with Gasteiger partial charge in [-0.15, -0.1) is 11.3 Å². The molecule has 31 heavy (non-hydrogen) atoms. The highest BCUT2D eigenvalue weighted by Crippen LogP contribution is 2.28. The minimum absolute atomic E-state index is 0.117. The van der Waals surface area contributed by atoms with Crippen molar-refractivity contribution in [2.24, 2.45) is 0 Å². The molecule has 0 spiro atoms. The zero-order chi connectivity index (χ0) is 22.4. The van der Waals surface area contributed by atoms with Crippen molar-refractivity contribution in [2.75, 3.05) is 19.8 Å². The van der Waals surface area contributed by atoms with E-state index < -0.39 is 18.5 Å². The highest BCUT2D eigenvalue weighted by atomic mass is 32.1. The number of amides is 1. The number of aromatic nitrogens is 2. The summed E-state index contributed by atoms with van der Waals surface area (Å²) in [4.78, 5) is 54.1. The maximum absolute atomic E-state index is 13.0. The first-order valence-corrected chi connectivity index (χ1v) is 11.4. The molecule has 2 aromatic rings. The third-order valence-electron chi connectivity index (χ3n) is 5.12. The van der Waals surface area contributed by atoms with Crippen molar-refractivity contribution >= 4 is 39.4 Å². The summed E-state index contributed by atoms with van der Waals surface area (Å²) in [5.41, 5.74) is 0.422. The zero-order valence-corrected chi connectivity index (χ0v) is 18.6. The van der Waals surface area contributed by atoms with Crippen molar-refractivity contribution in [3.63, 3.8) is 0 Å². The lowest BCUT2D eigenvalue weighted by Gasteiger charge is -2.08.